The number of carbonyl (C=O) groups excluding carboxylic acids is 1. The summed E-state index contributed by atoms with van der Waals surface area (Å²) in [5.74, 6) is -0.182. The van der Waals surface area contributed by atoms with Crippen LogP contribution in [-0.2, 0) is 24.4 Å². The Hall–Kier alpha value is -2.28. The summed E-state index contributed by atoms with van der Waals surface area (Å²) in [5.41, 5.74) is 3.42. The Morgan fingerprint density at radius 3 is 2.71 bits per heavy atom. The molecule has 1 amide bonds. The number of halogens is 1. The Morgan fingerprint density at radius 2 is 2.00 bits per heavy atom. The van der Waals surface area contributed by atoms with Crippen LogP contribution in [0.15, 0.2) is 59.5 Å². The van der Waals surface area contributed by atoms with Crippen molar-refractivity contribution >= 4 is 29.3 Å². The lowest BCUT2D eigenvalue weighted by molar-refractivity contribution is -0.00119. The van der Waals surface area contributed by atoms with Crippen LogP contribution in [0.3, 0.4) is 0 Å². The first-order valence-electron chi connectivity index (χ1n) is 8.97. The van der Waals surface area contributed by atoms with Crippen molar-refractivity contribution in [3.05, 3.63) is 82.1 Å². The second-order valence-corrected chi connectivity index (χ2v) is 7.90. The first-order chi connectivity index (χ1) is 13.6. The number of nitrogens with zero attached hydrogens (tertiary/aromatic N) is 2. The normalized spacial score (nSPS) is 15.9. The number of rotatable bonds is 5. The van der Waals surface area contributed by atoms with Gasteiger partial charge in [-0.25, -0.2) is 0 Å². The predicted molar refractivity (Wildman–Crippen MR) is 111 cm³/mol. The number of hydrogen-bond donors (Lipinski definition) is 1. The van der Waals surface area contributed by atoms with E-state index in [2.05, 4.69) is 22.5 Å². The summed E-state index contributed by atoms with van der Waals surface area (Å²) in [6, 6.07) is 17.6. The number of aromatic nitrogens is 2. The van der Waals surface area contributed by atoms with Crippen molar-refractivity contribution in [3.63, 3.8) is 0 Å². The molecule has 1 aromatic heterocycles. The molecule has 1 N–H and O–H groups in total. The van der Waals surface area contributed by atoms with E-state index >= 15 is 0 Å². The molecular weight excluding hydrogens is 394 g/mol. The zero-order valence-corrected chi connectivity index (χ0v) is 17.0. The fourth-order valence-electron chi connectivity index (χ4n) is 3.13. The molecule has 1 atom stereocenters. The summed E-state index contributed by atoms with van der Waals surface area (Å²) in [7, 11) is 0. The lowest BCUT2D eigenvalue weighted by Gasteiger charge is -2.24. The van der Waals surface area contributed by atoms with E-state index in [-0.39, 0.29) is 12.0 Å². The van der Waals surface area contributed by atoms with Gasteiger partial charge in [-0.2, -0.15) is 5.10 Å². The number of ether oxygens (including phenoxy) is 1. The van der Waals surface area contributed by atoms with Crippen molar-refractivity contribution in [2.24, 2.45) is 0 Å². The lowest BCUT2D eigenvalue weighted by atomic mass is 10.1. The van der Waals surface area contributed by atoms with Crippen LogP contribution in [0.2, 0.25) is 5.02 Å². The van der Waals surface area contributed by atoms with Gasteiger partial charge in [-0.3, -0.25) is 9.48 Å². The second-order valence-electron chi connectivity index (χ2n) is 6.58. The van der Waals surface area contributed by atoms with Gasteiger partial charge in [-0.05, 0) is 47.7 Å². The van der Waals surface area contributed by atoms with Crippen molar-refractivity contribution in [2.75, 3.05) is 6.26 Å². The minimum Gasteiger partial charge on any atom is -0.365 e. The summed E-state index contributed by atoms with van der Waals surface area (Å²) in [5, 5.41) is 8.11. The van der Waals surface area contributed by atoms with E-state index in [4.69, 9.17) is 16.3 Å². The third kappa shape index (κ3) is 4.24. The molecule has 1 aliphatic heterocycles. The highest BCUT2D eigenvalue weighted by Crippen LogP contribution is 2.27. The summed E-state index contributed by atoms with van der Waals surface area (Å²) in [6.45, 7) is 1.46. The molecule has 0 spiro atoms. The maximum Gasteiger partial charge on any atom is 0.272 e. The van der Waals surface area contributed by atoms with Crippen LogP contribution in [0.4, 0.5) is 0 Å². The minimum atomic E-state index is -0.182. The monoisotopic (exact) mass is 413 g/mol. The summed E-state index contributed by atoms with van der Waals surface area (Å²) in [4.78, 5) is 13.7. The van der Waals surface area contributed by atoms with Gasteiger partial charge in [0.1, 0.15) is 6.10 Å². The van der Waals surface area contributed by atoms with Crippen molar-refractivity contribution < 1.29 is 9.53 Å². The minimum absolute atomic E-state index is 0.101. The van der Waals surface area contributed by atoms with Crippen molar-refractivity contribution in [2.45, 2.75) is 30.7 Å². The van der Waals surface area contributed by atoms with Crippen LogP contribution in [0.1, 0.15) is 33.4 Å². The van der Waals surface area contributed by atoms with Crippen LogP contribution in [-0.4, -0.2) is 21.9 Å². The molecule has 0 fully saturated rings. The molecule has 2 aromatic carbocycles. The molecule has 1 aliphatic rings. The van der Waals surface area contributed by atoms with Crippen LogP contribution in [0, 0.1) is 0 Å². The molecule has 4 rings (SSSR count). The van der Waals surface area contributed by atoms with Gasteiger partial charge in [0.2, 0.25) is 0 Å². The smallest absolute Gasteiger partial charge is 0.272 e. The molecule has 0 bridgehead atoms. The van der Waals surface area contributed by atoms with Gasteiger partial charge in [-0.15, -0.1) is 11.8 Å². The van der Waals surface area contributed by atoms with Crippen LogP contribution in [0.25, 0.3) is 0 Å². The fraction of sp³-hybridized carbons (Fsp3) is 0.238. The zero-order valence-electron chi connectivity index (χ0n) is 15.4. The molecule has 0 saturated carbocycles. The Labute approximate surface area is 173 Å². The number of amides is 1. The number of thioether (sulfide) groups is 1. The van der Waals surface area contributed by atoms with Crippen LogP contribution < -0.4 is 5.32 Å². The Morgan fingerprint density at radius 1 is 1.25 bits per heavy atom. The summed E-state index contributed by atoms with van der Waals surface area (Å²) < 4.78 is 7.79. The SMILES string of the molecule is CSc1ccc(CNC(=O)c2cc3n(n2)C[C@@H](c2ccc(Cl)cc2)OC3)cc1. The third-order valence-electron chi connectivity index (χ3n) is 4.72. The number of carbonyl (C=O) groups is 1. The van der Waals surface area contributed by atoms with E-state index in [1.54, 1.807) is 17.8 Å². The molecule has 28 heavy (non-hydrogen) atoms. The highest BCUT2D eigenvalue weighted by Gasteiger charge is 2.24. The second kappa shape index (κ2) is 8.39. The highest BCUT2D eigenvalue weighted by molar-refractivity contribution is 7.98. The standard InChI is InChI=1S/C21H20ClN3O2S/c1-28-18-8-2-14(3-9-18)11-23-21(26)19-10-17-13-27-20(12-25(17)24-19)15-4-6-16(22)7-5-15/h2-10,20H,11-13H2,1H3,(H,23,26)/t20-/m0/s1. The molecule has 7 heteroatoms. The van der Waals surface area contributed by atoms with Gasteiger partial charge in [0.05, 0.1) is 18.8 Å². The molecule has 0 unspecified atom stereocenters. The largest absolute Gasteiger partial charge is 0.365 e. The summed E-state index contributed by atoms with van der Waals surface area (Å²) >= 11 is 7.65. The molecule has 5 nitrogen and oxygen atoms in total. The molecule has 0 radical (unpaired) electrons. The first-order valence-corrected chi connectivity index (χ1v) is 10.6. The van der Waals surface area contributed by atoms with E-state index < -0.39 is 0 Å². The zero-order chi connectivity index (χ0) is 19.5. The first kappa shape index (κ1) is 19.1. The van der Waals surface area contributed by atoms with E-state index in [0.29, 0.717) is 30.4 Å². The van der Waals surface area contributed by atoms with E-state index in [1.165, 1.54) is 4.90 Å². The van der Waals surface area contributed by atoms with Gasteiger partial charge >= 0.3 is 0 Å². The Bertz CT molecular complexity index is 970. The van der Waals surface area contributed by atoms with Gasteiger partial charge in [-0.1, -0.05) is 35.9 Å². The molecule has 0 saturated heterocycles. The fourth-order valence-corrected chi connectivity index (χ4v) is 3.67. The highest BCUT2D eigenvalue weighted by atomic mass is 35.5. The summed E-state index contributed by atoms with van der Waals surface area (Å²) in [6.07, 6.45) is 1.94. The van der Waals surface area contributed by atoms with E-state index in [1.807, 2.05) is 47.3 Å². The average Bonchev–Trinajstić information content (AvgIpc) is 3.16. The topological polar surface area (TPSA) is 56.2 Å². The van der Waals surface area contributed by atoms with Crippen LogP contribution >= 0.6 is 23.4 Å². The maximum absolute atomic E-state index is 12.5. The lowest BCUT2D eigenvalue weighted by Crippen LogP contribution is -2.24. The van der Waals surface area contributed by atoms with Gasteiger partial charge < -0.3 is 10.1 Å². The molecular formula is C21H20ClN3O2S. The van der Waals surface area contributed by atoms with E-state index in [9.17, 15) is 4.79 Å². The number of fused-ring (bicyclic) bond motifs is 1. The van der Waals surface area contributed by atoms with Gasteiger partial charge in [0.15, 0.2) is 5.69 Å². The number of hydrogen-bond acceptors (Lipinski definition) is 4. The molecule has 3 aromatic rings. The average molecular weight is 414 g/mol. The quantitative estimate of drug-likeness (QED) is 0.627. The van der Waals surface area contributed by atoms with Gasteiger partial charge in [0, 0.05) is 16.5 Å². The number of benzene rings is 2. The van der Waals surface area contributed by atoms with E-state index in [0.717, 1.165) is 16.8 Å². The number of nitrogens with one attached hydrogen (secondary N) is 1. The maximum atomic E-state index is 12.5. The van der Waals surface area contributed by atoms with Crippen LogP contribution in [0.5, 0.6) is 0 Å². The molecule has 2 heterocycles. The van der Waals surface area contributed by atoms with Crippen molar-refractivity contribution in [1.29, 1.82) is 0 Å². The predicted octanol–water partition coefficient (Wildman–Crippen LogP) is 4.46. The van der Waals surface area contributed by atoms with Gasteiger partial charge in [0.25, 0.3) is 5.91 Å². The van der Waals surface area contributed by atoms with Crippen molar-refractivity contribution in [3.8, 4) is 0 Å². The Balaban J connectivity index is 1.40. The third-order valence-corrected chi connectivity index (χ3v) is 5.72. The Kier molecular flexibility index (Phi) is 5.71. The molecule has 144 valence electrons. The molecule has 0 aliphatic carbocycles. The van der Waals surface area contributed by atoms with Crippen molar-refractivity contribution in [1.82, 2.24) is 15.1 Å².